The van der Waals surface area contributed by atoms with Gasteiger partial charge < -0.3 is 23.9 Å². The highest BCUT2D eigenvalue weighted by Gasteiger charge is 2.27. The third kappa shape index (κ3) is 6.16. The van der Waals surface area contributed by atoms with Crippen LogP contribution in [0.4, 0.5) is 4.39 Å². The number of hydrogen-bond donors (Lipinski definition) is 1. The summed E-state index contributed by atoms with van der Waals surface area (Å²) in [6, 6.07) is 15.1. The molecular weight excluding hydrogens is 553 g/mol. The molecule has 0 radical (unpaired) electrons. The van der Waals surface area contributed by atoms with Crippen molar-refractivity contribution in [1.82, 2.24) is 19.4 Å². The number of nitriles is 1. The Hall–Kier alpha value is -4.53. The van der Waals surface area contributed by atoms with Gasteiger partial charge in [-0.2, -0.15) is 5.26 Å². The summed E-state index contributed by atoms with van der Waals surface area (Å²) in [4.78, 5) is 23.8. The molecule has 2 fully saturated rings. The van der Waals surface area contributed by atoms with Crippen LogP contribution in [0.15, 0.2) is 48.5 Å². The van der Waals surface area contributed by atoms with Crippen molar-refractivity contribution in [2.24, 2.45) is 0 Å². The van der Waals surface area contributed by atoms with Crippen LogP contribution in [0.5, 0.6) is 11.6 Å². The van der Waals surface area contributed by atoms with Gasteiger partial charge in [0.2, 0.25) is 5.88 Å². The molecule has 4 aromatic rings. The van der Waals surface area contributed by atoms with Gasteiger partial charge in [-0.15, -0.1) is 0 Å². The van der Waals surface area contributed by atoms with Crippen LogP contribution in [-0.2, 0) is 24.4 Å². The SMILES string of the molecule is COc1cc(C(=O)O)cc2c1nc(CN1CCC(c3cccc(OCc4ccc(C#N)cc4F)n3)CC1)n2CC1CCO1. The Bertz CT molecular complexity index is 1690. The van der Waals surface area contributed by atoms with E-state index in [2.05, 4.69) is 9.47 Å². The number of rotatable bonds is 10. The monoisotopic (exact) mass is 585 g/mol. The van der Waals surface area contributed by atoms with Gasteiger partial charge in [0.1, 0.15) is 29.5 Å². The van der Waals surface area contributed by atoms with Gasteiger partial charge in [0.25, 0.3) is 0 Å². The van der Waals surface area contributed by atoms with E-state index in [-0.39, 0.29) is 29.8 Å². The van der Waals surface area contributed by atoms with Crippen molar-refractivity contribution in [2.75, 3.05) is 26.8 Å². The highest BCUT2D eigenvalue weighted by molar-refractivity contribution is 5.95. The molecule has 0 spiro atoms. The smallest absolute Gasteiger partial charge is 0.335 e. The summed E-state index contributed by atoms with van der Waals surface area (Å²) in [5, 5.41) is 18.6. The van der Waals surface area contributed by atoms with Crippen LogP contribution >= 0.6 is 0 Å². The van der Waals surface area contributed by atoms with Crippen molar-refractivity contribution in [1.29, 1.82) is 5.26 Å². The third-order valence-electron chi connectivity index (χ3n) is 8.22. The summed E-state index contributed by atoms with van der Waals surface area (Å²) in [5.41, 5.74) is 3.12. The van der Waals surface area contributed by atoms with E-state index < -0.39 is 11.8 Å². The lowest BCUT2D eigenvalue weighted by Crippen LogP contribution is -2.35. The van der Waals surface area contributed by atoms with Gasteiger partial charge in [-0.25, -0.2) is 19.2 Å². The zero-order valence-electron chi connectivity index (χ0n) is 23.8. The van der Waals surface area contributed by atoms with Gasteiger partial charge in [0, 0.05) is 29.8 Å². The Labute approximate surface area is 248 Å². The number of ether oxygens (including phenoxy) is 3. The van der Waals surface area contributed by atoms with Gasteiger partial charge in [-0.3, -0.25) is 4.90 Å². The summed E-state index contributed by atoms with van der Waals surface area (Å²) in [7, 11) is 1.53. The molecule has 43 heavy (non-hydrogen) atoms. The lowest BCUT2D eigenvalue weighted by Gasteiger charge is -2.32. The highest BCUT2D eigenvalue weighted by Crippen LogP contribution is 2.32. The first-order valence-corrected chi connectivity index (χ1v) is 14.3. The van der Waals surface area contributed by atoms with Crippen LogP contribution in [0.2, 0.25) is 0 Å². The molecule has 1 atom stereocenters. The number of nitrogens with zero attached hydrogens (tertiary/aromatic N) is 5. The molecule has 4 heterocycles. The van der Waals surface area contributed by atoms with Crippen LogP contribution < -0.4 is 9.47 Å². The first-order chi connectivity index (χ1) is 20.9. The lowest BCUT2D eigenvalue weighted by atomic mass is 9.93. The number of aromatic nitrogens is 3. The summed E-state index contributed by atoms with van der Waals surface area (Å²) in [6.07, 6.45) is 2.84. The van der Waals surface area contributed by atoms with E-state index >= 15 is 0 Å². The van der Waals surface area contributed by atoms with Crippen LogP contribution in [0, 0.1) is 17.1 Å². The number of pyridine rings is 1. The molecule has 6 rings (SSSR count). The van der Waals surface area contributed by atoms with Crippen molar-refractivity contribution in [3.05, 3.63) is 82.6 Å². The number of halogens is 1. The largest absolute Gasteiger partial charge is 0.494 e. The van der Waals surface area contributed by atoms with Gasteiger partial charge >= 0.3 is 5.97 Å². The van der Waals surface area contributed by atoms with Crippen LogP contribution in [0.3, 0.4) is 0 Å². The summed E-state index contributed by atoms with van der Waals surface area (Å²) >= 11 is 0. The number of carbonyl (C=O) groups is 1. The number of likely N-dealkylation sites (tertiary alicyclic amines) is 1. The molecule has 2 aliphatic heterocycles. The number of hydrogen-bond acceptors (Lipinski definition) is 8. The molecule has 11 heteroatoms. The predicted molar refractivity (Wildman–Crippen MR) is 155 cm³/mol. The van der Waals surface area contributed by atoms with Crippen LogP contribution in [0.1, 0.15) is 58.2 Å². The van der Waals surface area contributed by atoms with Crippen molar-refractivity contribution >= 4 is 17.0 Å². The van der Waals surface area contributed by atoms with Gasteiger partial charge in [0.15, 0.2) is 0 Å². The van der Waals surface area contributed by atoms with Crippen molar-refractivity contribution in [3.8, 4) is 17.7 Å². The van der Waals surface area contributed by atoms with Crippen molar-refractivity contribution in [3.63, 3.8) is 0 Å². The van der Waals surface area contributed by atoms with Crippen molar-refractivity contribution in [2.45, 2.75) is 51.0 Å². The van der Waals surface area contributed by atoms with Gasteiger partial charge in [-0.1, -0.05) is 12.1 Å². The van der Waals surface area contributed by atoms with E-state index in [1.807, 2.05) is 18.2 Å². The molecular formula is C32H32FN5O5. The van der Waals surface area contributed by atoms with Crippen LogP contribution in [-0.4, -0.2) is 63.4 Å². The standard InChI is InChI=1S/C32H32FN5O5/c1-41-28-15-23(32(39)40)14-27-31(28)36-29(38(27)17-24-9-12-42-24)18-37-10-7-21(8-11-37)26-3-2-4-30(35-26)43-19-22-6-5-20(16-34)13-25(22)33/h2-6,13-15,21,24H,7-12,17-19H2,1H3,(H,39,40). The minimum absolute atomic E-state index is 0.0259. The number of methoxy groups -OCH3 is 1. The van der Waals surface area contributed by atoms with Crippen molar-refractivity contribution < 1.29 is 28.5 Å². The summed E-state index contributed by atoms with van der Waals surface area (Å²) < 4.78 is 33.4. The second kappa shape index (κ2) is 12.4. The maximum Gasteiger partial charge on any atom is 0.335 e. The molecule has 1 unspecified atom stereocenters. The van der Waals surface area contributed by atoms with E-state index in [4.69, 9.17) is 29.4 Å². The number of benzene rings is 2. The number of aromatic carboxylic acids is 1. The number of carboxylic acid groups (broad SMARTS) is 1. The molecule has 2 aromatic carbocycles. The topological polar surface area (TPSA) is 123 Å². The Morgan fingerprint density at radius 2 is 1.98 bits per heavy atom. The minimum atomic E-state index is -1.01. The molecule has 1 N–H and O–H groups in total. The molecule has 222 valence electrons. The summed E-state index contributed by atoms with van der Waals surface area (Å²) in [6.45, 7) is 3.67. The molecule has 2 saturated heterocycles. The number of imidazole rings is 1. The zero-order valence-corrected chi connectivity index (χ0v) is 23.8. The third-order valence-corrected chi connectivity index (χ3v) is 8.22. The quantitative estimate of drug-likeness (QED) is 0.277. The zero-order chi connectivity index (χ0) is 29.9. The Morgan fingerprint density at radius 3 is 2.65 bits per heavy atom. The van der Waals surface area contributed by atoms with E-state index in [1.54, 1.807) is 24.3 Å². The number of fused-ring (bicyclic) bond motifs is 1. The van der Waals surface area contributed by atoms with Gasteiger partial charge in [-0.05, 0) is 62.7 Å². The van der Waals surface area contributed by atoms with Gasteiger partial charge in [0.05, 0.1) is 49.0 Å². The fourth-order valence-corrected chi connectivity index (χ4v) is 5.69. The molecule has 2 aromatic heterocycles. The Balaban J connectivity index is 1.13. The van der Waals surface area contributed by atoms with E-state index in [1.165, 1.54) is 19.2 Å². The normalized spacial score (nSPS) is 17.4. The first kappa shape index (κ1) is 28.6. The Morgan fingerprint density at radius 1 is 1.16 bits per heavy atom. The second-order valence-corrected chi connectivity index (χ2v) is 10.9. The van der Waals surface area contributed by atoms with E-state index in [0.29, 0.717) is 35.8 Å². The fourth-order valence-electron chi connectivity index (χ4n) is 5.69. The second-order valence-electron chi connectivity index (χ2n) is 10.9. The minimum Gasteiger partial charge on any atom is -0.494 e. The molecule has 2 aliphatic rings. The average Bonchev–Trinajstić information content (AvgIpc) is 3.34. The van der Waals surface area contributed by atoms with Crippen LogP contribution in [0.25, 0.3) is 11.0 Å². The molecule has 0 saturated carbocycles. The van der Waals surface area contributed by atoms with E-state index in [9.17, 15) is 14.3 Å². The van der Waals surface area contributed by atoms with E-state index in [0.717, 1.165) is 56.0 Å². The maximum atomic E-state index is 14.3. The summed E-state index contributed by atoms with van der Waals surface area (Å²) in [5.74, 6) is 0.502. The average molecular weight is 586 g/mol. The predicted octanol–water partition coefficient (Wildman–Crippen LogP) is 4.90. The molecule has 0 aliphatic carbocycles. The lowest BCUT2D eigenvalue weighted by molar-refractivity contribution is -0.0592. The molecule has 0 amide bonds. The fraction of sp³-hybridized carbons (Fsp3) is 0.375. The number of carboxylic acids is 1. The molecule has 0 bridgehead atoms. The Kier molecular flexibility index (Phi) is 8.22. The number of piperidine rings is 1. The molecule has 10 nitrogen and oxygen atoms in total. The first-order valence-electron chi connectivity index (χ1n) is 14.3. The maximum absolute atomic E-state index is 14.3. The highest BCUT2D eigenvalue weighted by atomic mass is 19.1.